The van der Waals surface area contributed by atoms with Crippen LogP contribution in [0.4, 0.5) is 11.8 Å². The van der Waals surface area contributed by atoms with E-state index in [0.29, 0.717) is 11.8 Å². The molecule has 1 amide bonds. The van der Waals surface area contributed by atoms with E-state index in [-0.39, 0.29) is 18.4 Å². The molecule has 7 nitrogen and oxygen atoms in total. The first-order chi connectivity index (χ1) is 7.11. The lowest BCUT2D eigenvalue weighted by molar-refractivity contribution is -0.118. The third kappa shape index (κ3) is 3.77. The van der Waals surface area contributed by atoms with Gasteiger partial charge in [0.25, 0.3) is 0 Å². The van der Waals surface area contributed by atoms with Gasteiger partial charge in [-0.15, -0.1) is 0 Å². The molecule has 0 spiro atoms. The van der Waals surface area contributed by atoms with Crippen molar-refractivity contribution in [3.63, 3.8) is 0 Å². The summed E-state index contributed by atoms with van der Waals surface area (Å²) in [5.41, 5.74) is 7.39. The summed E-state index contributed by atoms with van der Waals surface area (Å²) in [6.07, 6.45) is 1.80. The number of nitrogens with zero attached hydrogens (tertiary/aromatic N) is 2. The average Bonchev–Trinajstić information content (AvgIpc) is 2.16. The second kappa shape index (κ2) is 5.11. The van der Waals surface area contributed by atoms with Gasteiger partial charge in [-0.2, -0.15) is 4.98 Å². The lowest BCUT2D eigenvalue weighted by Crippen LogP contribution is -2.24. The number of hydrogen-bond donors (Lipinski definition) is 4. The summed E-state index contributed by atoms with van der Waals surface area (Å²) in [5.74, 6) is 5.69. The Labute approximate surface area is 87.2 Å². The number of carbonyl (C=O) groups is 1. The van der Waals surface area contributed by atoms with Gasteiger partial charge in [-0.3, -0.25) is 10.2 Å². The van der Waals surface area contributed by atoms with E-state index in [4.69, 9.17) is 11.6 Å². The zero-order valence-electron chi connectivity index (χ0n) is 8.40. The zero-order valence-corrected chi connectivity index (χ0v) is 8.40. The molecule has 0 saturated carbocycles. The number of amides is 1. The van der Waals surface area contributed by atoms with Gasteiger partial charge in [0, 0.05) is 18.7 Å². The first-order valence-corrected chi connectivity index (χ1v) is 4.46. The number of hydrazine groups is 1. The first kappa shape index (κ1) is 11.2. The minimum Gasteiger partial charge on any atom is -0.370 e. The topological polar surface area (TPSA) is 119 Å². The number of aromatic nitrogens is 2. The van der Waals surface area contributed by atoms with Crippen LogP contribution in [0.5, 0.6) is 0 Å². The molecule has 1 unspecified atom stereocenters. The number of rotatable bonds is 5. The van der Waals surface area contributed by atoms with E-state index in [1.165, 1.54) is 0 Å². The number of anilines is 2. The van der Waals surface area contributed by atoms with E-state index >= 15 is 0 Å². The van der Waals surface area contributed by atoms with Crippen LogP contribution in [0, 0.1) is 0 Å². The monoisotopic (exact) mass is 210 g/mol. The highest BCUT2D eigenvalue weighted by atomic mass is 16.1. The quantitative estimate of drug-likeness (QED) is 0.382. The van der Waals surface area contributed by atoms with E-state index in [1.54, 1.807) is 12.3 Å². The molecule has 6 N–H and O–H groups in total. The standard InChI is InChI=1S/C8H14N6O/c1-5(4-6(9)15)12-7-2-3-11-8(13-7)14-10/h2-3,5H,4,10H2,1H3,(H2,9,15)(H2,11,12,13,14). The fourth-order valence-electron chi connectivity index (χ4n) is 1.11. The number of carbonyl (C=O) groups excluding carboxylic acids is 1. The summed E-state index contributed by atoms with van der Waals surface area (Å²) in [4.78, 5) is 18.5. The molecule has 1 heterocycles. The summed E-state index contributed by atoms with van der Waals surface area (Å²) in [5, 5.41) is 3.00. The Morgan fingerprint density at radius 2 is 2.40 bits per heavy atom. The highest BCUT2D eigenvalue weighted by Crippen LogP contribution is 2.07. The van der Waals surface area contributed by atoms with Gasteiger partial charge in [-0.1, -0.05) is 0 Å². The smallest absolute Gasteiger partial charge is 0.239 e. The highest BCUT2D eigenvalue weighted by molar-refractivity contribution is 5.74. The Balaban J connectivity index is 2.59. The van der Waals surface area contributed by atoms with Crippen molar-refractivity contribution in [2.45, 2.75) is 19.4 Å². The molecule has 0 aliphatic carbocycles. The highest BCUT2D eigenvalue weighted by Gasteiger charge is 2.06. The van der Waals surface area contributed by atoms with Gasteiger partial charge in [-0.25, -0.2) is 10.8 Å². The third-order valence-corrected chi connectivity index (χ3v) is 1.69. The SMILES string of the molecule is CC(CC(N)=O)Nc1ccnc(NN)n1. The Morgan fingerprint density at radius 3 is 3.00 bits per heavy atom. The molecule has 0 saturated heterocycles. The van der Waals surface area contributed by atoms with E-state index in [1.807, 2.05) is 6.92 Å². The molecule has 15 heavy (non-hydrogen) atoms. The maximum absolute atomic E-state index is 10.6. The molecule has 7 heteroatoms. The van der Waals surface area contributed by atoms with Crippen molar-refractivity contribution < 1.29 is 4.79 Å². The molecule has 82 valence electrons. The molecule has 1 aromatic heterocycles. The maximum atomic E-state index is 10.6. The number of nitrogens with two attached hydrogens (primary N) is 2. The largest absolute Gasteiger partial charge is 0.370 e. The molecule has 0 aliphatic heterocycles. The molecule has 0 bridgehead atoms. The third-order valence-electron chi connectivity index (χ3n) is 1.69. The van der Waals surface area contributed by atoms with Crippen molar-refractivity contribution >= 4 is 17.7 Å². The summed E-state index contributed by atoms with van der Waals surface area (Å²) in [6, 6.07) is 1.60. The number of hydrogen-bond acceptors (Lipinski definition) is 6. The number of nitrogen functional groups attached to an aromatic ring is 1. The Hall–Kier alpha value is -1.89. The molecule has 1 atom stereocenters. The molecule has 1 rings (SSSR count). The molecule has 0 radical (unpaired) electrons. The van der Waals surface area contributed by atoms with Crippen molar-refractivity contribution in [1.29, 1.82) is 0 Å². The van der Waals surface area contributed by atoms with Gasteiger partial charge < -0.3 is 11.1 Å². The van der Waals surface area contributed by atoms with Crippen molar-refractivity contribution in [1.82, 2.24) is 9.97 Å². The second-order valence-corrected chi connectivity index (χ2v) is 3.13. The van der Waals surface area contributed by atoms with Crippen molar-refractivity contribution in [2.75, 3.05) is 10.7 Å². The van der Waals surface area contributed by atoms with Crippen LogP contribution in [0.25, 0.3) is 0 Å². The van der Waals surface area contributed by atoms with Crippen molar-refractivity contribution in [2.24, 2.45) is 11.6 Å². The summed E-state index contributed by atoms with van der Waals surface area (Å²) < 4.78 is 0. The Morgan fingerprint density at radius 1 is 1.67 bits per heavy atom. The van der Waals surface area contributed by atoms with Gasteiger partial charge in [0.05, 0.1) is 0 Å². The van der Waals surface area contributed by atoms with Crippen LogP contribution in [0.3, 0.4) is 0 Å². The normalized spacial score (nSPS) is 11.9. The Bertz CT molecular complexity index is 342. The van der Waals surface area contributed by atoms with Gasteiger partial charge in [0.15, 0.2) is 0 Å². The predicted molar refractivity (Wildman–Crippen MR) is 56.7 cm³/mol. The fourth-order valence-corrected chi connectivity index (χ4v) is 1.11. The maximum Gasteiger partial charge on any atom is 0.239 e. The predicted octanol–water partition coefficient (Wildman–Crippen LogP) is -0.562. The Kier molecular flexibility index (Phi) is 3.81. The number of primary amides is 1. The summed E-state index contributed by atoms with van der Waals surface area (Å²) in [6.45, 7) is 1.84. The van der Waals surface area contributed by atoms with Crippen LogP contribution in [0.15, 0.2) is 12.3 Å². The minimum absolute atomic E-state index is 0.0805. The van der Waals surface area contributed by atoms with E-state index in [2.05, 4.69) is 20.7 Å². The van der Waals surface area contributed by atoms with Gasteiger partial charge in [0.1, 0.15) is 5.82 Å². The lowest BCUT2D eigenvalue weighted by Gasteiger charge is -2.12. The molecule has 0 aliphatic rings. The van der Waals surface area contributed by atoms with Crippen LogP contribution in [0.1, 0.15) is 13.3 Å². The molecular formula is C8H14N6O. The van der Waals surface area contributed by atoms with Gasteiger partial charge in [-0.05, 0) is 13.0 Å². The van der Waals surface area contributed by atoms with Crippen LogP contribution in [0.2, 0.25) is 0 Å². The van der Waals surface area contributed by atoms with Crippen LogP contribution >= 0.6 is 0 Å². The first-order valence-electron chi connectivity index (χ1n) is 4.46. The van der Waals surface area contributed by atoms with Crippen molar-refractivity contribution in [3.05, 3.63) is 12.3 Å². The van der Waals surface area contributed by atoms with E-state index < -0.39 is 0 Å². The van der Waals surface area contributed by atoms with Crippen LogP contribution in [-0.2, 0) is 4.79 Å². The van der Waals surface area contributed by atoms with E-state index in [9.17, 15) is 4.79 Å². The van der Waals surface area contributed by atoms with Crippen LogP contribution in [-0.4, -0.2) is 21.9 Å². The minimum atomic E-state index is -0.360. The summed E-state index contributed by atoms with van der Waals surface area (Å²) in [7, 11) is 0. The molecule has 0 aromatic carbocycles. The second-order valence-electron chi connectivity index (χ2n) is 3.13. The molecular weight excluding hydrogens is 196 g/mol. The molecule has 0 fully saturated rings. The van der Waals surface area contributed by atoms with Crippen LogP contribution < -0.4 is 22.3 Å². The fraction of sp³-hybridized carbons (Fsp3) is 0.375. The lowest BCUT2D eigenvalue weighted by atomic mass is 10.2. The average molecular weight is 210 g/mol. The zero-order chi connectivity index (χ0) is 11.3. The summed E-state index contributed by atoms with van der Waals surface area (Å²) >= 11 is 0. The molecule has 1 aromatic rings. The van der Waals surface area contributed by atoms with Gasteiger partial charge >= 0.3 is 0 Å². The van der Waals surface area contributed by atoms with Gasteiger partial charge in [0.2, 0.25) is 11.9 Å². The van der Waals surface area contributed by atoms with Crippen molar-refractivity contribution in [3.8, 4) is 0 Å². The number of nitrogens with one attached hydrogen (secondary N) is 2. The van der Waals surface area contributed by atoms with E-state index in [0.717, 1.165) is 0 Å².